The summed E-state index contributed by atoms with van der Waals surface area (Å²) in [6.45, 7) is 6.54. The Bertz CT molecular complexity index is 348. The minimum atomic E-state index is 0.0400. The molecule has 1 N–H and O–H groups in total. The number of aromatic nitrogens is 1. The number of H-pyrrole nitrogens is 1. The quantitative estimate of drug-likeness (QED) is 0.790. The fraction of sp³-hybridized carbons (Fsp3) is 0.615. The van der Waals surface area contributed by atoms with Crippen molar-refractivity contribution >= 4 is 0 Å². The molecule has 0 amide bonds. The van der Waals surface area contributed by atoms with E-state index >= 15 is 0 Å². The third-order valence-corrected chi connectivity index (χ3v) is 3.07. The second kappa shape index (κ2) is 5.15. The summed E-state index contributed by atoms with van der Waals surface area (Å²) in [5.74, 6) is 0. The van der Waals surface area contributed by atoms with Crippen molar-refractivity contribution in [3.8, 4) is 0 Å². The predicted molar refractivity (Wildman–Crippen MR) is 64.2 cm³/mol. The van der Waals surface area contributed by atoms with Crippen molar-refractivity contribution < 1.29 is 0 Å². The molecule has 0 aliphatic rings. The smallest absolute Gasteiger partial charge is 0.251 e. The van der Waals surface area contributed by atoms with Crippen molar-refractivity contribution in [1.29, 1.82) is 0 Å². The van der Waals surface area contributed by atoms with Crippen LogP contribution in [0.15, 0.2) is 23.1 Å². The van der Waals surface area contributed by atoms with E-state index in [0.29, 0.717) is 0 Å². The van der Waals surface area contributed by atoms with Gasteiger partial charge in [0.2, 0.25) is 0 Å². The molecule has 15 heavy (non-hydrogen) atoms. The van der Waals surface area contributed by atoms with Crippen molar-refractivity contribution in [2.75, 3.05) is 0 Å². The lowest BCUT2D eigenvalue weighted by Crippen LogP contribution is -2.29. The molecule has 0 fully saturated rings. The maximum absolute atomic E-state index is 11.8. The molecule has 0 atom stereocenters. The molecule has 0 radical (unpaired) electrons. The maximum atomic E-state index is 11.8. The van der Waals surface area contributed by atoms with Crippen LogP contribution in [0.1, 0.15) is 52.0 Å². The summed E-state index contributed by atoms with van der Waals surface area (Å²) in [6, 6.07) is 3.88. The average Bonchev–Trinajstić information content (AvgIpc) is 2.19. The molecule has 0 unspecified atom stereocenters. The Kier molecular flexibility index (Phi) is 4.13. The van der Waals surface area contributed by atoms with Crippen molar-refractivity contribution in [3.63, 3.8) is 0 Å². The summed E-state index contributed by atoms with van der Waals surface area (Å²) >= 11 is 0. The zero-order chi connectivity index (χ0) is 11.3. The van der Waals surface area contributed by atoms with Crippen LogP contribution < -0.4 is 5.56 Å². The molecule has 0 aliphatic carbocycles. The fourth-order valence-electron chi connectivity index (χ4n) is 2.39. The number of hydrogen-bond donors (Lipinski definition) is 1. The van der Waals surface area contributed by atoms with E-state index in [2.05, 4.69) is 25.8 Å². The standard InChI is InChI=1S/C13H21NO/c1-4-8-13(3,9-5-2)11-7-6-10-14-12(11)15/h6-7,10H,4-5,8-9H2,1-3H3,(H,14,15). The molecule has 2 heteroatoms. The zero-order valence-electron chi connectivity index (χ0n) is 9.97. The molecule has 2 nitrogen and oxygen atoms in total. The minimum absolute atomic E-state index is 0.0400. The molecule has 0 bridgehead atoms. The number of aromatic amines is 1. The van der Waals surface area contributed by atoms with E-state index in [1.54, 1.807) is 6.20 Å². The number of rotatable bonds is 5. The Balaban J connectivity index is 3.09. The van der Waals surface area contributed by atoms with Gasteiger partial charge >= 0.3 is 0 Å². The van der Waals surface area contributed by atoms with Crippen molar-refractivity contribution in [2.45, 2.75) is 51.9 Å². The van der Waals surface area contributed by atoms with Crippen LogP contribution in [0.4, 0.5) is 0 Å². The van der Waals surface area contributed by atoms with Gasteiger partial charge in [0, 0.05) is 11.8 Å². The molecule has 1 aromatic heterocycles. The van der Waals surface area contributed by atoms with Gasteiger partial charge in [0.05, 0.1) is 0 Å². The van der Waals surface area contributed by atoms with Crippen LogP contribution in [0.25, 0.3) is 0 Å². The molecular formula is C13H21NO. The van der Waals surface area contributed by atoms with Crippen molar-refractivity contribution in [3.05, 3.63) is 34.2 Å². The lowest BCUT2D eigenvalue weighted by molar-refractivity contribution is 0.388. The van der Waals surface area contributed by atoms with Gasteiger partial charge in [-0.2, -0.15) is 0 Å². The normalized spacial score (nSPS) is 11.7. The number of nitrogens with one attached hydrogen (secondary N) is 1. The van der Waals surface area contributed by atoms with Crippen molar-refractivity contribution in [1.82, 2.24) is 4.98 Å². The zero-order valence-corrected chi connectivity index (χ0v) is 9.97. The van der Waals surface area contributed by atoms with E-state index in [9.17, 15) is 4.79 Å². The van der Waals surface area contributed by atoms with Gasteiger partial charge in [-0.1, -0.05) is 39.7 Å². The Morgan fingerprint density at radius 1 is 1.27 bits per heavy atom. The minimum Gasteiger partial charge on any atom is -0.329 e. The average molecular weight is 207 g/mol. The topological polar surface area (TPSA) is 32.9 Å². The molecule has 1 aromatic rings. The van der Waals surface area contributed by atoms with E-state index < -0.39 is 0 Å². The summed E-state index contributed by atoms with van der Waals surface area (Å²) in [5, 5.41) is 0. The van der Waals surface area contributed by atoms with E-state index in [1.807, 2.05) is 12.1 Å². The molecule has 0 aliphatic heterocycles. The van der Waals surface area contributed by atoms with E-state index in [1.165, 1.54) is 0 Å². The summed E-state index contributed by atoms with van der Waals surface area (Å²) in [6.07, 6.45) is 6.08. The fourth-order valence-corrected chi connectivity index (χ4v) is 2.39. The van der Waals surface area contributed by atoms with Crippen LogP contribution >= 0.6 is 0 Å². The largest absolute Gasteiger partial charge is 0.329 e. The lowest BCUT2D eigenvalue weighted by atomic mass is 9.76. The Labute approximate surface area is 91.7 Å². The van der Waals surface area contributed by atoms with Gasteiger partial charge in [0.25, 0.3) is 5.56 Å². The van der Waals surface area contributed by atoms with E-state index in [0.717, 1.165) is 31.2 Å². The van der Waals surface area contributed by atoms with E-state index in [-0.39, 0.29) is 11.0 Å². The second-order valence-corrected chi connectivity index (χ2v) is 4.47. The SMILES string of the molecule is CCCC(C)(CCC)c1ccc[nH]c1=O. The molecule has 1 heterocycles. The van der Waals surface area contributed by atoms with Crippen LogP contribution in [-0.4, -0.2) is 4.98 Å². The van der Waals surface area contributed by atoms with Gasteiger partial charge in [0.15, 0.2) is 0 Å². The van der Waals surface area contributed by atoms with Crippen LogP contribution in [0.5, 0.6) is 0 Å². The molecule has 0 saturated heterocycles. The number of pyridine rings is 1. The maximum Gasteiger partial charge on any atom is 0.251 e. The second-order valence-electron chi connectivity index (χ2n) is 4.47. The van der Waals surface area contributed by atoms with Gasteiger partial charge in [-0.15, -0.1) is 0 Å². The van der Waals surface area contributed by atoms with Gasteiger partial charge in [0.1, 0.15) is 0 Å². The van der Waals surface area contributed by atoms with Crippen LogP contribution in [-0.2, 0) is 5.41 Å². The Morgan fingerprint density at radius 2 is 1.87 bits per heavy atom. The first-order chi connectivity index (χ1) is 7.14. The van der Waals surface area contributed by atoms with Gasteiger partial charge in [-0.05, 0) is 24.3 Å². The Hall–Kier alpha value is -1.05. The molecule has 0 spiro atoms. The lowest BCUT2D eigenvalue weighted by Gasteiger charge is -2.28. The van der Waals surface area contributed by atoms with Crippen LogP contribution in [0.3, 0.4) is 0 Å². The molecule has 84 valence electrons. The first kappa shape index (κ1) is 12.0. The Morgan fingerprint density at radius 3 is 2.33 bits per heavy atom. The predicted octanol–water partition coefficient (Wildman–Crippen LogP) is 3.23. The van der Waals surface area contributed by atoms with Gasteiger partial charge in [-0.3, -0.25) is 4.79 Å². The van der Waals surface area contributed by atoms with Gasteiger partial charge in [-0.25, -0.2) is 0 Å². The molecule has 0 saturated carbocycles. The highest BCUT2D eigenvalue weighted by Gasteiger charge is 2.26. The number of hydrogen-bond acceptors (Lipinski definition) is 1. The van der Waals surface area contributed by atoms with Crippen LogP contribution in [0, 0.1) is 0 Å². The first-order valence-electron chi connectivity index (χ1n) is 5.82. The molecule has 1 rings (SSSR count). The third-order valence-electron chi connectivity index (χ3n) is 3.07. The van der Waals surface area contributed by atoms with Crippen molar-refractivity contribution in [2.24, 2.45) is 0 Å². The summed E-state index contributed by atoms with van der Waals surface area (Å²) in [4.78, 5) is 14.5. The third kappa shape index (κ3) is 2.71. The highest BCUT2D eigenvalue weighted by atomic mass is 16.1. The summed E-state index contributed by atoms with van der Waals surface area (Å²) < 4.78 is 0. The first-order valence-corrected chi connectivity index (χ1v) is 5.82. The highest BCUT2D eigenvalue weighted by molar-refractivity contribution is 5.20. The van der Waals surface area contributed by atoms with Gasteiger partial charge < -0.3 is 4.98 Å². The molecular weight excluding hydrogens is 186 g/mol. The highest BCUT2D eigenvalue weighted by Crippen LogP contribution is 2.31. The summed E-state index contributed by atoms with van der Waals surface area (Å²) in [5.41, 5.74) is 1.05. The molecule has 0 aromatic carbocycles. The van der Waals surface area contributed by atoms with Crippen LogP contribution in [0.2, 0.25) is 0 Å². The summed E-state index contributed by atoms with van der Waals surface area (Å²) in [7, 11) is 0. The van der Waals surface area contributed by atoms with E-state index in [4.69, 9.17) is 0 Å². The monoisotopic (exact) mass is 207 g/mol.